The van der Waals surface area contributed by atoms with E-state index < -0.39 is 0 Å². The fourth-order valence-corrected chi connectivity index (χ4v) is 6.80. The maximum atomic E-state index is 11.3. The number of aliphatic hydroxyl groups excluding tert-OH is 1. The van der Waals surface area contributed by atoms with Gasteiger partial charge in [-0.1, -0.05) is 31.2 Å². The Hall–Kier alpha value is -2.04. The van der Waals surface area contributed by atoms with Gasteiger partial charge in [-0.25, -0.2) is 0 Å². The van der Waals surface area contributed by atoms with Gasteiger partial charge < -0.3 is 20.3 Å². The molecule has 160 valence electrons. The third kappa shape index (κ3) is 3.12. The maximum absolute atomic E-state index is 11.3. The van der Waals surface area contributed by atoms with Gasteiger partial charge in [0, 0.05) is 18.2 Å². The Bertz CT molecular complexity index is 928. The molecule has 0 saturated heterocycles. The molecule has 3 aliphatic rings. The largest absolute Gasteiger partial charge is 0.508 e. The summed E-state index contributed by atoms with van der Waals surface area (Å²) >= 11 is 0. The van der Waals surface area contributed by atoms with Gasteiger partial charge >= 0.3 is 0 Å². The molecular weight excluding hydrogens is 374 g/mol. The zero-order valence-electron chi connectivity index (χ0n) is 18.0. The first-order valence-electron chi connectivity index (χ1n) is 11.4. The van der Waals surface area contributed by atoms with Crippen LogP contribution in [0, 0.1) is 17.3 Å². The van der Waals surface area contributed by atoms with Gasteiger partial charge in [0.1, 0.15) is 11.5 Å². The van der Waals surface area contributed by atoms with Crippen LogP contribution in [-0.2, 0) is 13.0 Å². The fourth-order valence-electron chi connectivity index (χ4n) is 6.80. The molecule has 2 aromatic rings. The van der Waals surface area contributed by atoms with Crippen LogP contribution in [0.4, 0.5) is 0 Å². The number of hydrogen-bond acceptors (Lipinski definition) is 4. The first-order valence-corrected chi connectivity index (χ1v) is 11.4. The number of para-hydroxylation sites is 1. The number of rotatable bonds is 4. The second kappa shape index (κ2) is 7.58. The minimum atomic E-state index is -0.341. The summed E-state index contributed by atoms with van der Waals surface area (Å²) in [7, 11) is 1.74. The predicted molar refractivity (Wildman–Crippen MR) is 118 cm³/mol. The van der Waals surface area contributed by atoms with Crippen molar-refractivity contribution in [2.75, 3.05) is 7.11 Å². The molecule has 0 amide bonds. The van der Waals surface area contributed by atoms with Crippen LogP contribution in [0.25, 0.3) is 0 Å². The Kier molecular flexibility index (Phi) is 5.03. The van der Waals surface area contributed by atoms with Crippen LogP contribution in [0.2, 0.25) is 0 Å². The SMILES string of the molecule is COc1ccc2c(c1)CC[C@@H]1[C@@H]2CC[C@]2(C)[C@H](O)[C@H](NCc3ccccc3O)C[C@@H]12. The van der Waals surface area contributed by atoms with E-state index in [1.807, 2.05) is 18.2 Å². The summed E-state index contributed by atoms with van der Waals surface area (Å²) in [5, 5.41) is 25.0. The first-order chi connectivity index (χ1) is 14.5. The van der Waals surface area contributed by atoms with E-state index in [-0.39, 0.29) is 17.6 Å². The number of ether oxygens (including phenoxy) is 1. The molecule has 6 atom stereocenters. The predicted octanol–water partition coefficient (Wildman–Crippen LogP) is 4.39. The molecule has 0 radical (unpaired) electrons. The summed E-state index contributed by atoms with van der Waals surface area (Å²) < 4.78 is 5.44. The number of fused-ring (bicyclic) bond motifs is 5. The van der Waals surface area contributed by atoms with Gasteiger partial charge in [-0.05, 0) is 84.6 Å². The third-order valence-corrected chi connectivity index (χ3v) is 8.48. The minimum absolute atomic E-state index is 0.0263. The van der Waals surface area contributed by atoms with Gasteiger partial charge in [0.25, 0.3) is 0 Å². The third-order valence-electron chi connectivity index (χ3n) is 8.48. The maximum Gasteiger partial charge on any atom is 0.120 e. The number of aliphatic hydroxyl groups is 1. The average molecular weight is 408 g/mol. The summed E-state index contributed by atoms with van der Waals surface area (Å²) in [4.78, 5) is 0. The fraction of sp³-hybridized carbons (Fsp3) is 0.538. The molecule has 4 heteroatoms. The van der Waals surface area contributed by atoms with Crippen molar-refractivity contribution in [3.8, 4) is 11.5 Å². The lowest BCUT2D eigenvalue weighted by molar-refractivity contribution is -0.0281. The van der Waals surface area contributed by atoms with Gasteiger partial charge in [0.15, 0.2) is 0 Å². The summed E-state index contributed by atoms with van der Waals surface area (Å²) in [5.41, 5.74) is 3.82. The van der Waals surface area contributed by atoms with E-state index in [1.54, 1.807) is 13.2 Å². The minimum Gasteiger partial charge on any atom is -0.508 e. The van der Waals surface area contributed by atoms with E-state index in [0.717, 1.165) is 37.0 Å². The molecular formula is C26H33NO3. The standard InChI is InChI=1S/C26H33NO3/c1-26-12-11-20-19-10-8-18(30-2)13-16(19)7-9-21(20)22(26)14-23(25(26)29)27-15-17-5-3-4-6-24(17)28/h3-6,8,10,13,20-23,25,27-29H,7,9,11-12,14-15H2,1-2H3/t20-,21-,22+,23-,25-,26+/m1/s1. The Labute approximate surface area is 179 Å². The molecule has 3 N–H and O–H groups in total. The van der Waals surface area contributed by atoms with Crippen molar-refractivity contribution in [3.63, 3.8) is 0 Å². The Balaban J connectivity index is 1.35. The summed E-state index contributed by atoms with van der Waals surface area (Å²) in [6.07, 6.45) is 5.20. The lowest BCUT2D eigenvalue weighted by atomic mass is 9.55. The summed E-state index contributed by atoms with van der Waals surface area (Å²) in [5.74, 6) is 3.04. The smallest absolute Gasteiger partial charge is 0.120 e. The summed E-state index contributed by atoms with van der Waals surface area (Å²) in [6, 6.07) is 14.2. The number of benzene rings is 2. The molecule has 2 aromatic carbocycles. The Morgan fingerprint density at radius 2 is 2.00 bits per heavy atom. The van der Waals surface area contributed by atoms with Crippen LogP contribution in [0.15, 0.2) is 42.5 Å². The first kappa shape index (κ1) is 19.9. The van der Waals surface area contributed by atoms with Crippen molar-refractivity contribution in [2.45, 2.75) is 63.6 Å². The van der Waals surface area contributed by atoms with Crippen molar-refractivity contribution in [3.05, 3.63) is 59.2 Å². The molecule has 3 aliphatic carbocycles. The van der Waals surface area contributed by atoms with Crippen molar-refractivity contribution in [2.24, 2.45) is 17.3 Å². The monoisotopic (exact) mass is 407 g/mol. The molecule has 2 fully saturated rings. The van der Waals surface area contributed by atoms with Gasteiger partial charge in [0.05, 0.1) is 13.2 Å². The highest BCUT2D eigenvalue weighted by atomic mass is 16.5. The zero-order valence-corrected chi connectivity index (χ0v) is 18.0. The Morgan fingerprint density at radius 3 is 2.80 bits per heavy atom. The molecule has 2 saturated carbocycles. The highest BCUT2D eigenvalue weighted by Crippen LogP contribution is 2.61. The van der Waals surface area contributed by atoms with Crippen LogP contribution in [0.5, 0.6) is 11.5 Å². The number of nitrogens with one attached hydrogen (secondary N) is 1. The second-order valence-corrected chi connectivity index (χ2v) is 9.82. The van der Waals surface area contributed by atoms with Crippen LogP contribution in [0.1, 0.15) is 55.2 Å². The van der Waals surface area contributed by atoms with Crippen molar-refractivity contribution in [1.29, 1.82) is 0 Å². The van der Waals surface area contributed by atoms with Gasteiger partial charge in [-0.15, -0.1) is 0 Å². The molecule has 4 nitrogen and oxygen atoms in total. The van der Waals surface area contributed by atoms with Crippen molar-refractivity contribution >= 4 is 0 Å². The molecule has 5 rings (SSSR count). The Morgan fingerprint density at radius 1 is 1.17 bits per heavy atom. The normalized spacial score (nSPS) is 34.7. The molecule has 0 spiro atoms. The van der Waals surface area contributed by atoms with Crippen LogP contribution >= 0.6 is 0 Å². The van der Waals surface area contributed by atoms with E-state index in [9.17, 15) is 10.2 Å². The van der Waals surface area contributed by atoms with Crippen molar-refractivity contribution < 1.29 is 14.9 Å². The van der Waals surface area contributed by atoms with E-state index in [2.05, 4.69) is 30.4 Å². The number of methoxy groups -OCH3 is 1. The summed E-state index contributed by atoms with van der Waals surface area (Å²) in [6.45, 7) is 2.90. The van der Waals surface area contributed by atoms with E-state index in [1.165, 1.54) is 17.5 Å². The number of aryl methyl sites for hydroxylation is 1. The van der Waals surface area contributed by atoms with Crippen LogP contribution in [-0.4, -0.2) is 29.5 Å². The molecule has 0 unspecified atom stereocenters. The quantitative estimate of drug-likeness (QED) is 0.704. The highest BCUT2D eigenvalue weighted by molar-refractivity contribution is 5.41. The van der Waals surface area contributed by atoms with Crippen LogP contribution < -0.4 is 10.1 Å². The lowest BCUT2D eigenvalue weighted by Gasteiger charge is -2.50. The second-order valence-electron chi connectivity index (χ2n) is 9.82. The molecule has 0 heterocycles. The van der Waals surface area contributed by atoms with Crippen molar-refractivity contribution in [1.82, 2.24) is 5.32 Å². The number of phenols is 1. The number of aromatic hydroxyl groups is 1. The number of phenolic OH excluding ortho intramolecular Hbond substituents is 1. The average Bonchev–Trinajstić information content (AvgIpc) is 3.03. The number of hydrogen-bond donors (Lipinski definition) is 3. The topological polar surface area (TPSA) is 61.7 Å². The van der Waals surface area contributed by atoms with Gasteiger partial charge in [0.2, 0.25) is 0 Å². The zero-order chi connectivity index (χ0) is 20.9. The molecule has 30 heavy (non-hydrogen) atoms. The van der Waals surface area contributed by atoms with Gasteiger partial charge in [-0.2, -0.15) is 0 Å². The lowest BCUT2D eigenvalue weighted by Crippen LogP contribution is -2.46. The molecule has 0 aromatic heterocycles. The molecule has 0 aliphatic heterocycles. The van der Waals surface area contributed by atoms with Gasteiger partial charge in [-0.3, -0.25) is 0 Å². The van der Waals surface area contributed by atoms with E-state index in [4.69, 9.17) is 4.74 Å². The van der Waals surface area contributed by atoms with E-state index >= 15 is 0 Å². The van der Waals surface area contributed by atoms with E-state index in [0.29, 0.717) is 30.0 Å². The highest BCUT2D eigenvalue weighted by Gasteiger charge is 2.57. The molecule has 0 bridgehead atoms. The van der Waals surface area contributed by atoms with Crippen LogP contribution in [0.3, 0.4) is 0 Å².